The normalized spacial score (nSPS) is 29.5. The molecule has 6 rings (SSSR count). The first-order chi connectivity index (χ1) is 15.8. The summed E-state index contributed by atoms with van der Waals surface area (Å²) in [6.45, 7) is -0.382. The lowest BCUT2D eigenvalue weighted by Gasteiger charge is -2.58. The molecule has 0 radical (unpaired) electrons. The van der Waals surface area contributed by atoms with Gasteiger partial charge in [0.05, 0.1) is 11.1 Å². The van der Waals surface area contributed by atoms with Gasteiger partial charge in [0.1, 0.15) is 0 Å². The molecule has 5 nitrogen and oxygen atoms in total. The largest absolute Gasteiger partial charge is 0.455 e. The summed E-state index contributed by atoms with van der Waals surface area (Å²) in [5, 5.41) is 3.11. The van der Waals surface area contributed by atoms with Crippen molar-refractivity contribution in [3.8, 4) is 0 Å². The molecule has 4 aliphatic carbocycles. The molecule has 4 bridgehead atoms. The fourth-order valence-electron chi connectivity index (χ4n) is 6.42. The first-order valence-corrected chi connectivity index (χ1v) is 12.5. The van der Waals surface area contributed by atoms with E-state index < -0.39 is 11.3 Å². The molecule has 172 valence electrons. The van der Waals surface area contributed by atoms with E-state index in [0.29, 0.717) is 28.1 Å². The summed E-state index contributed by atoms with van der Waals surface area (Å²) >= 11 is 10.0. The number of carbonyl (C=O) groups excluding carboxylic acids is 3. The fraction of sp³-hybridized carbons (Fsp3) is 0.423. The summed E-state index contributed by atoms with van der Waals surface area (Å²) in [5.74, 6) is 0.0974. The van der Waals surface area contributed by atoms with Gasteiger partial charge in [-0.25, -0.2) is 0 Å². The maximum Gasteiger partial charge on any atom is 0.312 e. The molecule has 1 N–H and O–H groups in total. The van der Waals surface area contributed by atoms with Crippen LogP contribution in [-0.2, 0) is 14.3 Å². The summed E-state index contributed by atoms with van der Waals surface area (Å²) in [5.41, 5.74) is 0.633. The van der Waals surface area contributed by atoms with E-state index in [-0.39, 0.29) is 28.2 Å². The lowest BCUT2D eigenvalue weighted by molar-refractivity contribution is -0.170. The van der Waals surface area contributed by atoms with E-state index in [1.807, 2.05) is 6.07 Å². The second-order valence-corrected chi connectivity index (χ2v) is 12.0. The van der Waals surface area contributed by atoms with Crippen LogP contribution in [0, 0.1) is 17.3 Å². The van der Waals surface area contributed by atoms with Gasteiger partial charge < -0.3 is 10.1 Å². The third-order valence-corrected chi connectivity index (χ3v) is 8.46. The molecule has 1 amide bonds. The molecule has 0 heterocycles. The molecule has 0 saturated heterocycles. The smallest absolute Gasteiger partial charge is 0.312 e. The lowest BCUT2D eigenvalue weighted by Crippen LogP contribution is -2.56. The number of benzene rings is 2. The first-order valence-electron chi connectivity index (χ1n) is 11.3. The van der Waals surface area contributed by atoms with E-state index in [2.05, 4.69) is 21.2 Å². The van der Waals surface area contributed by atoms with Gasteiger partial charge in [0.2, 0.25) is 0 Å². The van der Waals surface area contributed by atoms with Crippen molar-refractivity contribution in [2.24, 2.45) is 17.3 Å². The van der Waals surface area contributed by atoms with Gasteiger partial charge in [-0.3, -0.25) is 14.4 Å². The Morgan fingerprint density at radius 3 is 2.39 bits per heavy atom. The van der Waals surface area contributed by atoms with Crippen molar-refractivity contribution in [1.82, 2.24) is 0 Å². The summed E-state index contributed by atoms with van der Waals surface area (Å²) in [6.07, 6.45) is 5.91. The maximum absolute atomic E-state index is 13.1. The zero-order valence-electron chi connectivity index (χ0n) is 18.1. The zero-order chi connectivity index (χ0) is 23.2. The van der Waals surface area contributed by atoms with Crippen molar-refractivity contribution >= 4 is 50.9 Å². The highest BCUT2D eigenvalue weighted by molar-refractivity contribution is 9.10. The molecule has 33 heavy (non-hydrogen) atoms. The second kappa shape index (κ2) is 8.55. The minimum absolute atomic E-state index is 0.0361. The molecular formula is C26H25BrClNO4. The number of nitrogens with one attached hydrogen (secondary N) is 1. The van der Waals surface area contributed by atoms with Gasteiger partial charge in [0, 0.05) is 20.5 Å². The predicted octanol–water partition coefficient (Wildman–Crippen LogP) is 5.79. The minimum Gasteiger partial charge on any atom is -0.455 e. The number of rotatable bonds is 6. The number of carbonyl (C=O) groups is 3. The Bertz CT molecular complexity index is 1100. The third kappa shape index (κ3) is 4.47. The van der Waals surface area contributed by atoms with Crippen LogP contribution in [0.4, 0.5) is 5.69 Å². The minimum atomic E-state index is -0.484. The standard InChI is InChI=1S/C26H25BrClNO4/c27-26-12-16-8-17(13-26)11-25(10-16,15-26)24(32)33-14-22(30)29-21-7-6-19(28)9-20(21)23(31)18-4-2-1-3-5-18/h1-7,9,16-17H,8,10-15H2,(H,29,30)/t16-,17-,25?,26?/m0/s1. The molecule has 4 saturated carbocycles. The van der Waals surface area contributed by atoms with Crippen LogP contribution in [0.2, 0.25) is 5.02 Å². The Morgan fingerprint density at radius 2 is 1.73 bits per heavy atom. The number of amides is 1. The molecule has 0 aliphatic heterocycles. The van der Waals surface area contributed by atoms with Gasteiger partial charge in [-0.05, 0) is 68.6 Å². The Labute approximate surface area is 206 Å². The van der Waals surface area contributed by atoms with Gasteiger partial charge in [-0.2, -0.15) is 0 Å². The van der Waals surface area contributed by atoms with Crippen molar-refractivity contribution in [2.45, 2.75) is 42.8 Å². The number of hydrogen-bond donors (Lipinski definition) is 1. The number of hydrogen-bond acceptors (Lipinski definition) is 4. The Hall–Kier alpha value is -2.18. The summed E-state index contributed by atoms with van der Waals surface area (Å²) in [4.78, 5) is 38.7. The summed E-state index contributed by atoms with van der Waals surface area (Å²) in [7, 11) is 0. The topological polar surface area (TPSA) is 72.5 Å². The van der Waals surface area contributed by atoms with Gasteiger partial charge in [-0.15, -0.1) is 0 Å². The molecule has 4 fully saturated rings. The van der Waals surface area contributed by atoms with E-state index in [4.69, 9.17) is 16.3 Å². The van der Waals surface area contributed by atoms with Crippen LogP contribution < -0.4 is 5.32 Å². The van der Waals surface area contributed by atoms with Crippen molar-refractivity contribution in [2.75, 3.05) is 11.9 Å². The van der Waals surface area contributed by atoms with Crippen LogP contribution in [0.25, 0.3) is 0 Å². The maximum atomic E-state index is 13.1. The summed E-state index contributed by atoms with van der Waals surface area (Å²) < 4.78 is 5.57. The molecule has 0 unspecified atom stereocenters. The van der Waals surface area contributed by atoms with Crippen LogP contribution in [-0.4, -0.2) is 28.6 Å². The van der Waals surface area contributed by atoms with E-state index in [9.17, 15) is 14.4 Å². The van der Waals surface area contributed by atoms with Gasteiger partial charge in [0.15, 0.2) is 12.4 Å². The highest BCUT2D eigenvalue weighted by atomic mass is 79.9. The van der Waals surface area contributed by atoms with Crippen LogP contribution in [0.5, 0.6) is 0 Å². The molecular weight excluding hydrogens is 506 g/mol. The average Bonchev–Trinajstić information content (AvgIpc) is 2.77. The number of anilines is 1. The van der Waals surface area contributed by atoms with Gasteiger partial charge in [-0.1, -0.05) is 57.9 Å². The van der Waals surface area contributed by atoms with Crippen molar-refractivity contribution in [1.29, 1.82) is 0 Å². The van der Waals surface area contributed by atoms with Gasteiger partial charge in [0.25, 0.3) is 5.91 Å². The molecule has 0 aromatic heterocycles. The highest BCUT2D eigenvalue weighted by Gasteiger charge is 2.60. The van der Waals surface area contributed by atoms with E-state index in [1.54, 1.807) is 36.4 Å². The predicted molar refractivity (Wildman–Crippen MR) is 130 cm³/mol. The molecule has 2 aromatic rings. The SMILES string of the molecule is O=C(COC(=O)C12C[C@@H]3C[C@H](CC(Br)(C3)C1)C2)Nc1ccc(Cl)cc1C(=O)c1ccccc1. The number of halogens is 2. The van der Waals surface area contributed by atoms with Crippen molar-refractivity contribution in [3.05, 3.63) is 64.7 Å². The molecule has 2 atom stereocenters. The monoisotopic (exact) mass is 529 g/mol. The summed E-state index contributed by atoms with van der Waals surface area (Å²) in [6, 6.07) is 13.5. The van der Waals surface area contributed by atoms with Gasteiger partial charge >= 0.3 is 5.97 Å². The second-order valence-electron chi connectivity index (χ2n) is 9.90. The quantitative estimate of drug-likeness (QED) is 0.292. The van der Waals surface area contributed by atoms with Crippen molar-refractivity contribution < 1.29 is 19.1 Å². The highest BCUT2D eigenvalue weighted by Crippen LogP contribution is 2.64. The van der Waals surface area contributed by atoms with Crippen LogP contribution >= 0.6 is 27.5 Å². The van der Waals surface area contributed by atoms with Crippen LogP contribution in [0.1, 0.15) is 54.4 Å². The Morgan fingerprint density at radius 1 is 1.03 bits per heavy atom. The van der Waals surface area contributed by atoms with Crippen LogP contribution in [0.15, 0.2) is 48.5 Å². The average molecular weight is 531 g/mol. The molecule has 0 spiro atoms. The number of ether oxygens (including phenoxy) is 1. The Balaban J connectivity index is 1.26. The van der Waals surface area contributed by atoms with E-state index in [1.165, 1.54) is 12.5 Å². The van der Waals surface area contributed by atoms with Crippen LogP contribution in [0.3, 0.4) is 0 Å². The number of esters is 1. The molecule has 7 heteroatoms. The van der Waals surface area contributed by atoms with Crippen molar-refractivity contribution in [3.63, 3.8) is 0 Å². The first kappa shape index (κ1) is 22.6. The lowest BCUT2D eigenvalue weighted by atomic mass is 9.49. The van der Waals surface area contributed by atoms with E-state index in [0.717, 1.165) is 32.1 Å². The molecule has 4 aliphatic rings. The zero-order valence-corrected chi connectivity index (χ0v) is 20.5. The number of ketones is 1. The third-order valence-electron chi connectivity index (χ3n) is 7.29. The Kier molecular flexibility index (Phi) is 5.86. The van der Waals surface area contributed by atoms with E-state index >= 15 is 0 Å². The molecule has 2 aromatic carbocycles. The fourth-order valence-corrected chi connectivity index (χ4v) is 8.04. The number of alkyl halides is 1.